The molecule has 0 saturated heterocycles. The second kappa shape index (κ2) is 11.6. The molecule has 2 unspecified atom stereocenters. The molecule has 0 bridgehead atoms. The van der Waals surface area contributed by atoms with Gasteiger partial charge in [-0.05, 0) is 48.3 Å². The van der Waals surface area contributed by atoms with Crippen molar-refractivity contribution in [3.8, 4) is 5.75 Å². The molecule has 2 amide bonds. The van der Waals surface area contributed by atoms with Crippen molar-refractivity contribution in [3.05, 3.63) is 56.7 Å². The number of hydrogen-bond donors (Lipinski definition) is 4. The molecule has 12 heteroatoms. The normalized spacial score (nSPS) is 17.3. The van der Waals surface area contributed by atoms with Crippen LogP contribution in [-0.4, -0.2) is 53.3 Å². The summed E-state index contributed by atoms with van der Waals surface area (Å²) in [6, 6.07) is 4.31. The van der Waals surface area contributed by atoms with Crippen LogP contribution in [-0.2, 0) is 22.7 Å². The van der Waals surface area contributed by atoms with E-state index < -0.39 is 23.9 Å². The number of H-pyrrole nitrogens is 1. The number of amides is 2. The van der Waals surface area contributed by atoms with Crippen molar-refractivity contribution in [2.24, 2.45) is 5.92 Å². The van der Waals surface area contributed by atoms with Gasteiger partial charge in [-0.3, -0.25) is 14.4 Å². The Kier molecular flexibility index (Phi) is 8.28. The third kappa shape index (κ3) is 6.07. The van der Waals surface area contributed by atoms with E-state index in [1.165, 1.54) is 36.6 Å². The lowest BCUT2D eigenvalue weighted by Gasteiger charge is -2.13. The molecule has 2 aromatic heterocycles. The van der Waals surface area contributed by atoms with Crippen molar-refractivity contribution >= 4 is 33.4 Å². The summed E-state index contributed by atoms with van der Waals surface area (Å²) in [6.45, 7) is 0.306. The van der Waals surface area contributed by atoms with E-state index in [4.69, 9.17) is 14.6 Å². The van der Waals surface area contributed by atoms with Crippen molar-refractivity contribution < 1.29 is 28.6 Å². The Bertz CT molecular complexity index is 1310. The number of ether oxygens (including phenoxy) is 2. The lowest BCUT2D eigenvalue weighted by molar-refractivity contribution is -0.124. The van der Waals surface area contributed by atoms with Gasteiger partial charge in [0.05, 0.1) is 19.1 Å². The molecule has 1 aromatic carbocycles. The predicted octanol–water partition coefficient (Wildman–Crippen LogP) is 1.86. The third-order valence-electron chi connectivity index (χ3n) is 6.06. The van der Waals surface area contributed by atoms with Crippen LogP contribution in [0.5, 0.6) is 5.75 Å². The average molecular weight is 519 g/mol. The molecule has 2 atom stereocenters. The molecule has 1 aliphatic rings. The lowest BCUT2D eigenvalue weighted by Crippen LogP contribution is -2.35. The lowest BCUT2D eigenvalue weighted by atomic mass is 10.1. The second-order valence-corrected chi connectivity index (χ2v) is 9.48. The molecular weight excluding hydrogens is 491 g/mol. The summed E-state index contributed by atoms with van der Waals surface area (Å²) < 4.78 is 24.4. The van der Waals surface area contributed by atoms with Gasteiger partial charge in [-0.25, -0.2) is 9.37 Å². The van der Waals surface area contributed by atoms with E-state index in [2.05, 4.69) is 20.6 Å². The minimum absolute atomic E-state index is 0.0434. The summed E-state index contributed by atoms with van der Waals surface area (Å²) in [7, 11) is 1.36. The van der Waals surface area contributed by atoms with Crippen LogP contribution in [0.15, 0.2) is 28.4 Å². The highest BCUT2D eigenvalue weighted by Gasteiger charge is 2.26. The predicted molar refractivity (Wildman–Crippen MR) is 130 cm³/mol. The van der Waals surface area contributed by atoms with E-state index in [1.54, 1.807) is 5.38 Å². The van der Waals surface area contributed by atoms with Gasteiger partial charge in [0, 0.05) is 24.8 Å². The zero-order valence-electron chi connectivity index (χ0n) is 19.6. The summed E-state index contributed by atoms with van der Waals surface area (Å²) in [5.74, 6) is -1.19. The number of carbonyl (C=O) groups excluding carboxylic acids is 2. The number of aromatic amines is 1. The Hall–Kier alpha value is -3.35. The zero-order valence-corrected chi connectivity index (χ0v) is 20.5. The number of halogens is 1. The van der Waals surface area contributed by atoms with Crippen molar-refractivity contribution in [2.45, 2.75) is 38.5 Å². The Labute approximate surface area is 209 Å². The monoisotopic (exact) mass is 518 g/mol. The largest absolute Gasteiger partial charge is 0.494 e. The first-order valence-electron chi connectivity index (χ1n) is 11.5. The average Bonchev–Trinajstić information content (AvgIpc) is 3.50. The number of carbonyl (C=O) groups is 2. The Morgan fingerprint density at radius 3 is 2.94 bits per heavy atom. The number of hydrogen-bond acceptors (Lipinski definition) is 8. The van der Waals surface area contributed by atoms with Gasteiger partial charge in [-0.2, -0.15) is 0 Å². The van der Waals surface area contributed by atoms with Gasteiger partial charge in [0.1, 0.15) is 11.4 Å². The Morgan fingerprint density at radius 2 is 2.17 bits per heavy atom. The fourth-order valence-corrected chi connectivity index (χ4v) is 5.19. The second-order valence-electron chi connectivity index (χ2n) is 8.62. The molecule has 0 radical (unpaired) electrons. The van der Waals surface area contributed by atoms with E-state index in [0.29, 0.717) is 28.0 Å². The fourth-order valence-electron chi connectivity index (χ4n) is 4.27. The van der Waals surface area contributed by atoms with Crippen LogP contribution in [0.3, 0.4) is 0 Å². The van der Waals surface area contributed by atoms with Crippen LogP contribution in [0, 0.1) is 11.7 Å². The highest BCUT2D eigenvalue weighted by molar-refractivity contribution is 7.16. The first kappa shape index (κ1) is 25.7. The number of aromatic nitrogens is 2. The molecular formula is C24H27FN4O6S. The van der Waals surface area contributed by atoms with Gasteiger partial charge in [-0.1, -0.05) is 6.07 Å². The standard InChI is InChI=1S/C24H27FN4O6S/c1-34-18-7-13(3-5-17(18)25)8-26-23(33)21-28-22(32)20-15(12-36-24(20)29-21)11-35-10-14-2-4-16(6-14)27-19(31)9-30/h3,5,7,12,14,16,30H,2,4,6,8-11H2,1H3,(H,26,33)(H,27,31)(H,28,29,32). The number of rotatable bonds is 10. The zero-order chi connectivity index (χ0) is 25.7. The van der Waals surface area contributed by atoms with Gasteiger partial charge in [0.25, 0.3) is 11.5 Å². The van der Waals surface area contributed by atoms with Crippen LogP contribution < -0.4 is 20.9 Å². The maximum Gasteiger partial charge on any atom is 0.287 e. The topological polar surface area (TPSA) is 143 Å². The first-order chi connectivity index (χ1) is 17.4. The van der Waals surface area contributed by atoms with E-state index in [9.17, 15) is 18.8 Å². The van der Waals surface area contributed by atoms with Crippen molar-refractivity contribution in [1.82, 2.24) is 20.6 Å². The van der Waals surface area contributed by atoms with E-state index >= 15 is 0 Å². The number of benzene rings is 1. The van der Waals surface area contributed by atoms with Crippen LogP contribution in [0.4, 0.5) is 4.39 Å². The molecule has 1 saturated carbocycles. The van der Waals surface area contributed by atoms with Crippen LogP contribution in [0.2, 0.25) is 0 Å². The van der Waals surface area contributed by atoms with Gasteiger partial charge in [0.2, 0.25) is 11.7 Å². The van der Waals surface area contributed by atoms with Crippen molar-refractivity contribution in [3.63, 3.8) is 0 Å². The molecule has 1 aliphatic carbocycles. The minimum Gasteiger partial charge on any atom is -0.494 e. The molecule has 1 fully saturated rings. The molecule has 0 spiro atoms. The SMILES string of the molecule is COc1cc(CNC(=O)c2nc3scc(COCC4CCC(NC(=O)CO)C4)c3c(=O)[nH]2)ccc1F. The minimum atomic E-state index is -0.562. The number of aliphatic hydroxyl groups is 1. The molecule has 4 rings (SSSR count). The summed E-state index contributed by atoms with van der Waals surface area (Å²) >= 11 is 1.25. The molecule has 0 aliphatic heterocycles. The maximum absolute atomic E-state index is 13.6. The number of aliphatic hydroxyl groups excluding tert-OH is 1. The highest BCUT2D eigenvalue weighted by Crippen LogP contribution is 2.27. The van der Waals surface area contributed by atoms with Crippen molar-refractivity contribution in [2.75, 3.05) is 20.3 Å². The van der Waals surface area contributed by atoms with E-state index in [1.807, 2.05) is 0 Å². The summed E-state index contributed by atoms with van der Waals surface area (Å²) in [4.78, 5) is 43.9. The number of nitrogens with one attached hydrogen (secondary N) is 3. The summed E-state index contributed by atoms with van der Waals surface area (Å²) in [5.41, 5.74) is 0.892. The van der Waals surface area contributed by atoms with Gasteiger partial charge < -0.3 is 30.2 Å². The van der Waals surface area contributed by atoms with Crippen molar-refractivity contribution in [1.29, 1.82) is 0 Å². The highest BCUT2D eigenvalue weighted by atomic mass is 32.1. The van der Waals surface area contributed by atoms with Crippen LogP contribution >= 0.6 is 11.3 Å². The fraction of sp³-hybridized carbons (Fsp3) is 0.417. The van der Waals surface area contributed by atoms with E-state index in [-0.39, 0.29) is 42.6 Å². The maximum atomic E-state index is 13.6. The van der Waals surface area contributed by atoms with E-state index in [0.717, 1.165) is 19.3 Å². The summed E-state index contributed by atoms with van der Waals surface area (Å²) in [5, 5.41) is 16.5. The Balaban J connectivity index is 1.33. The van der Waals surface area contributed by atoms with Gasteiger partial charge in [0.15, 0.2) is 11.6 Å². The number of methoxy groups -OCH3 is 1. The molecule has 36 heavy (non-hydrogen) atoms. The van der Waals surface area contributed by atoms with Gasteiger partial charge >= 0.3 is 0 Å². The molecule has 3 aromatic rings. The smallest absolute Gasteiger partial charge is 0.287 e. The number of thiophene rings is 1. The summed E-state index contributed by atoms with van der Waals surface area (Å²) in [6.07, 6.45) is 2.53. The number of nitrogens with zero attached hydrogens (tertiary/aromatic N) is 1. The third-order valence-corrected chi connectivity index (χ3v) is 6.99. The first-order valence-corrected chi connectivity index (χ1v) is 12.3. The molecule has 192 valence electrons. The van der Waals surface area contributed by atoms with Gasteiger partial charge in [-0.15, -0.1) is 11.3 Å². The molecule has 4 N–H and O–H groups in total. The molecule has 10 nitrogen and oxygen atoms in total. The molecule has 2 heterocycles. The Morgan fingerprint density at radius 1 is 1.33 bits per heavy atom. The van der Waals surface area contributed by atoms with Crippen LogP contribution in [0.25, 0.3) is 10.2 Å². The quantitative estimate of drug-likeness (QED) is 0.321. The number of fused-ring (bicyclic) bond motifs is 1. The van der Waals surface area contributed by atoms with Crippen LogP contribution in [0.1, 0.15) is 41.0 Å².